The molecule has 3 aromatic rings. The van der Waals surface area contributed by atoms with E-state index >= 15 is 0 Å². The number of allylic oxidation sites excluding steroid dienone is 2. The quantitative estimate of drug-likeness (QED) is 0.566. The van der Waals surface area contributed by atoms with Crippen LogP contribution in [0.1, 0.15) is 54.0 Å². The molecule has 33 heavy (non-hydrogen) atoms. The van der Waals surface area contributed by atoms with Crippen LogP contribution in [0.5, 0.6) is 17.2 Å². The van der Waals surface area contributed by atoms with Crippen molar-refractivity contribution in [1.82, 2.24) is 5.16 Å². The molecule has 2 atom stereocenters. The number of phenolic OH excluding ortho intramolecular Hbond substituents is 1. The molecule has 2 aliphatic rings. The summed E-state index contributed by atoms with van der Waals surface area (Å²) >= 11 is 0. The Bertz CT molecular complexity index is 1240. The number of hydrogen-bond acceptors (Lipinski definition) is 7. The molecule has 0 radical (unpaired) electrons. The van der Waals surface area contributed by atoms with E-state index in [0.29, 0.717) is 31.1 Å². The van der Waals surface area contributed by atoms with Crippen LogP contribution in [0, 0.1) is 6.92 Å². The van der Waals surface area contributed by atoms with Crippen molar-refractivity contribution in [1.29, 1.82) is 0 Å². The normalized spacial score (nSPS) is 19.5. The summed E-state index contributed by atoms with van der Waals surface area (Å²) in [7, 11) is 1.64. The number of hydrogen-bond donors (Lipinski definition) is 2. The zero-order chi connectivity index (χ0) is 23.1. The van der Waals surface area contributed by atoms with E-state index < -0.39 is 0 Å². The Morgan fingerprint density at radius 1 is 1.15 bits per heavy atom. The van der Waals surface area contributed by atoms with E-state index in [1.807, 2.05) is 44.2 Å². The molecule has 2 aromatic carbocycles. The van der Waals surface area contributed by atoms with Gasteiger partial charge in [0.15, 0.2) is 17.3 Å². The van der Waals surface area contributed by atoms with E-state index in [0.717, 1.165) is 39.4 Å². The van der Waals surface area contributed by atoms with Gasteiger partial charge < -0.3 is 24.4 Å². The van der Waals surface area contributed by atoms with Crippen molar-refractivity contribution in [3.8, 4) is 17.2 Å². The van der Waals surface area contributed by atoms with Gasteiger partial charge >= 0.3 is 0 Å². The molecule has 5 rings (SSSR count). The first-order valence-corrected chi connectivity index (χ1v) is 11.1. The minimum absolute atomic E-state index is 0.0553. The fourth-order valence-electron chi connectivity index (χ4n) is 4.90. The number of aromatic nitrogens is 1. The maximum Gasteiger partial charge on any atom is 0.233 e. The number of anilines is 1. The molecule has 2 N–H and O–H groups in total. The Labute approximate surface area is 192 Å². The molecule has 1 aliphatic carbocycles. The first-order valence-electron chi connectivity index (χ1n) is 11.1. The van der Waals surface area contributed by atoms with Gasteiger partial charge in [0.25, 0.3) is 0 Å². The van der Waals surface area contributed by atoms with E-state index in [1.165, 1.54) is 0 Å². The molecule has 7 nitrogen and oxygen atoms in total. The molecule has 0 spiro atoms. The first kappa shape index (κ1) is 21.1. The number of nitrogens with one attached hydrogen (secondary N) is 1. The average molecular weight is 447 g/mol. The topological polar surface area (TPSA) is 93.8 Å². The lowest BCUT2D eigenvalue weighted by Crippen LogP contribution is -2.29. The average Bonchev–Trinajstić information content (AvgIpc) is 3.19. The van der Waals surface area contributed by atoms with Crippen molar-refractivity contribution >= 4 is 11.7 Å². The lowest BCUT2D eigenvalue weighted by Gasteiger charge is -2.34. The summed E-state index contributed by atoms with van der Waals surface area (Å²) in [6.07, 6.45) is 1.10. The smallest absolute Gasteiger partial charge is 0.233 e. The third-order valence-electron chi connectivity index (χ3n) is 6.46. The summed E-state index contributed by atoms with van der Waals surface area (Å²) in [4.78, 5) is 13.6. The summed E-state index contributed by atoms with van der Waals surface area (Å²) in [6, 6.07) is 13.1. The van der Waals surface area contributed by atoms with Crippen LogP contribution in [-0.4, -0.2) is 29.8 Å². The van der Waals surface area contributed by atoms with E-state index in [9.17, 15) is 9.90 Å². The van der Waals surface area contributed by atoms with Crippen LogP contribution in [0.3, 0.4) is 0 Å². The number of fused-ring (bicyclic) bond motifs is 1. The number of Topliss-reactive ketones (excluding diaryl/α,β-unsaturated/α-hetero) is 1. The predicted octanol–water partition coefficient (Wildman–Crippen LogP) is 5.05. The van der Waals surface area contributed by atoms with Crippen molar-refractivity contribution in [3.05, 3.63) is 76.1 Å². The molecule has 0 amide bonds. The summed E-state index contributed by atoms with van der Waals surface area (Å²) in [6.45, 7) is 4.17. The number of ether oxygens (including phenoxy) is 2. The minimum atomic E-state index is -0.341. The number of benzene rings is 2. The number of aromatic hydroxyl groups is 1. The van der Waals surface area contributed by atoms with Crippen LogP contribution < -0.4 is 14.8 Å². The maximum atomic E-state index is 13.6. The van der Waals surface area contributed by atoms with Crippen LogP contribution in [0.2, 0.25) is 0 Å². The molecule has 1 aliphatic heterocycles. The van der Waals surface area contributed by atoms with Gasteiger partial charge in [-0.15, -0.1) is 0 Å². The maximum absolute atomic E-state index is 13.6. The Morgan fingerprint density at radius 2 is 1.91 bits per heavy atom. The number of aryl methyl sites for hydroxylation is 1. The van der Waals surface area contributed by atoms with Gasteiger partial charge in [0.05, 0.1) is 25.0 Å². The highest BCUT2D eigenvalue weighted by molar-refractivity contribution is 6.01. The van der Waals surface area contributed by atoms with Gasteiger partial charge in [0.1, 0.15) is 5.75 Å². The molecular weight excluding hydrogens is 420 g/mol. The second kappa shape index (κ2) is 8.31. The molecule has 0 saturated heterocycles. The first-order chi connectivity index (χ1) is 16.0. The Hall–Kier alpha value is -3.74. The van der Waals surface area contributed by atoms with Crippen LogP contribution >= 0.6 is 0 Å². The highest BCUT2D eigenvalue weighted by Gasteiger charge is 2.41. The number of ketones is 1. The second-order valence-electron chi connectivity index (χ2n) is 8.42. The molecule has 170 valence electrons. The van der Waals surface area contributed by atoms with Gasteiger partial charge in [0, 0.05) is 23.6 Å². The summed E-state index contributed by atoms with van der Waals surface area (Å²) in [5.41, 5.74) is 5.10. The SMILES string of the molecule is CCOc1cc([C@@H]2C3=C(C[C@H](c4ccc(OC)cc4)CC3=O)Nc3onc(C)c32)ccc1O. The predicted molar refractivity (Wildman–Crippen MR) is 123 cm³/mol. The van der Waals surface area contributed by atoms with Gasteiger partial charge in [-0.3, -0.25) is 4.79 Å². The molecule has 0 fully saturated rings. The fourth-order valence-corrected chi connectivity index (χ4v) is 4.90. The lowest BCUT2D eigenvalue weighted by atomic mass is 9.72. The highest BCUT2D eigenvalue weighted by Crippen LogP contribution is 2.50. The van der Waals surface area contributed by atoms with E-state index in [1.54, 1.807) is 19.2 Å². The zero-order valence-electron chi connectivity index (χ0n) is 18.8. The van der Waals surface area contributed by atoms with Crippen molar-refractivity contribution in [3.63, 3.8) is 0 Å². The van der Waals surface area contributed by atoms with Crippen LogP contribution in [0.15, 0.2) is 58.3 Å². The minimum Gasteiger partial charge on any atom is -0.504 e. The number of rotatable bonds is 5. The van der Waals surface area contributed by atoms with Crippen molar-refractivity contribution in [2.24, 2.45) is 0 Å². The molecule has 7 heteroatoms. The third kappa shape index (κ3) is 3.63. The molecule has 2 heterocycles. The van der Waals surface area contributed by atoms with Crippen molar-refractivity contribution in [2.45, 2.75) is 38.5 Å². The highest BCUT2D eigenvalue weighted by atomic mass is 16.5. The number of phenols is 1. The fraction of sp³-hybridized carbons (Fsp3) is 0.308. The van der Waals surface area contributed by atoms with Gasteiger partial charge in [-0.1, -0.05) is 23.4 Å². The Kier molecular flexibility index (Phi) is 5.32. The molecule has 0 saturated carbocycles. The van der Waals surface area contributed by atoms with Crippen LogP contribution in [0.25, 0.3) is 0 Å². The van der Waals surface area contributed by atoms with Crippen LogP contribution in [-0.2, 0) is 4.79 Å². The monoisotopic (exact) mass is 446 g/mol. The standard InChI is InChI=1S/C26H26N2O5/c1-4-32-22-13-16(7-10-20(22)29)24-23-14(2)28-33-26(23)27-19-11-17(12-21(30)25(19)24)15-5-8-18(31-3)9-6-15/h5-10,13,17,24,27,29H,4,11-12H2,1-3H3/t17-,24-/m0/s1. The Balaban J connectivity index is 1.58. The molecule has 1 aromatic heterocycles. The summed E-state index contributed by atoms with van der Waals surface area (Å²) in [5, 5.41) is 17.7. The van der Waals surface area contributed by atoms with Gasteiger partial charge in [-0.2, -0.15) is 0 Å². The largest absolute Gasteiger partial charge is 0.504 e. The number of carbonyl (C=O) groups is 1. The third-order valence-corrected chi connectivity index (χ3v) is 6.46. The van der Waals surface area contributed by atoms with Crippen molar-refractivity contribution < 1.29 is 23.9 Å². The summed E-state index contributed by atoms with van der Waals surface area (Å²) in [5.74, 6) is 1.62. The Morgan fingerprint density at radius 3 is 2.64 bits per heavy atom. The second-order valence-corrected chi connectivity index (χ2v) is 8.42. The number of methoxy groups -OCH3 is 1. The number of carbonyl (C=O) groups excluding carboxylic acids is 1. The van der Waals surface area contributed by atoms with Crippen LogP contribution in [0.4, 0.5) is 5.88 Å². The molecule has 0 bridgehead atoms. The van der Waals surface area contributed by atoms with E-state index in [-0.39, 0.29) is 23.4 Å². The van der Waals surface area contributed by atoms with Gasteiger partial charge in [-0.05, 0) is 61.6 Å². The van der Waals surface area contributed by atoms with E-state index in [4.69, 9.17) is 14.0 Å². The van der Waals surface area contributed by atoms with E-state index in [2.05, 4.69) is 10.5 Å². The molecule has 0 unspecified atom stereocenters. The van der Waals surface area contributed by atoms with Gasteiger partial charge in [-0.25, -0.2) is 0 Å². The zero-order valence-corrected chi connectivity index (χ0v) is 18.8. The molecular formula is C26H26N2O5. The van der Waals surface area contributed by atoms with Crippen molar-refractivity contribution in [2.75, 3.05) is 19.0 Å². The number of nitrogens with zero attached hydrogens (tertiary/aromatic N) is 1. The van der Waals surface area contributed by atoms with Gasteiger partial charge in [0.2, 0.25) is 5.88 Å². The summed E-state index contributed by atoms with van der Waals surface area (Å²) < 4.78 is 16.5. The lowest BCUT2D eigenvalue weighted by molar-refractivity contribution is -0.116.